The van der Waals surface area contributed by atoms with Crippen LogP contribution >= 0.6 is 11.8 Å². The molecule has 0 unspecified atom stereocenters. The normalized spacial score (nSPS) is 9.55. The maximum atomic E-state index is 5.40. The first kappa shape index (κ1) is 8.37. The number of nitrogens with two attached hydrogens (primary N) is 1. The molecule has 58 valence electrons. The van der Waals surface area contributed by atoms with Crippen molar-refractivity contribution in [1.82, 2.24) is 0 Å². The van der Waals surface area contributed by atoms with Gasteiger partial charge < -0.3 is 5.73 Å². The summed E-state index contributed by atoms with van der Waals surface area (Å²) in [5, 5.41) is 0. The Kier molecular flexibility index (Phi) is 3.20. The van der Waals surface area contributed by atoms with Gasteiger partial charge in [0, 0.05) is 11.4 Å². The average molecular weight is 165 g/mol. The van der Waals surface area contributed by atoms with Crippen molar-refractivity contribution in [2.75, 3.05) is 6.54 Å². The predicted octanol–water partition coefficient (Wildman–Crippen LogP) is 2.25. The summed E-state index contributed by atoms with van der Waals surface area (Å²) in [4.78, 5) is 2.19. The van der Waals surface area contributed by atoms with Gasteiger partial charge in [-0.1, -0.05) is 36.5 Å². The highest BCUT2D eigenvalue weighted by Gasteiger charge is 1.93. The van der Waals surface area contributed by atoms with E-state index in [1.165, 1.54) is 4.90 Å². The molecule has 1 aromatic carbocycles. The second kappa shape index (κ2) is 4.21. The molecule has 0 atom stereocenters. The molecule has 0 spiro atoms. The molecule has 1 aromatic rings. The lowest BCUT2D eigenvalue weighted by atomic mass is 10.4. The van der Waals surface area contributed by atoms with Gasteiger partial charge >= 0.3 is 0 Å². The van der Waals surface area contributed by atoms with E-state index in [2.05, 4.69) is 6.58 Å². The lowest BCUT2D eigenvalue weighted by Gasteiger charge is -2.00. The van der Waals surface area contributed by atoms with Crippen molar-refractivity contribution < 1.29 is 0 Å². The van der Waals surface area contributed by atoms with Crippen LogP contribution < -0.4 is 5.73 Å². The minimum atomic E-state index is 0.541. The van der Waals surface area contributed by atoms with Gasteiger partial charge in [0.25, 0.3) is 0 Å². The topological polar surface area (TPSA) is 26.0 Å². The first-order chi connectivity index (χ1) is 5.33. The van der Waals surface area contributed by atoms with Crippen molar-refractivity contribution >= 4 is 11.8 Å². The van der Waals surface area contributed by atoms with E-state index in [0.29, 0.717) is 6.54 Å². The van der Waals surface area contributed by atoms with Gasteiger partial charge in [0.2, 0.25) is 0 Å². The molecule has 1 rings (SSSR count). The molecule has 0 aromatic heterocycles. The van der Waals surface area contributed by atoms with Gasteiger partial charge in [-0.15, -0.1) is 0 Å². The molecule has 0 saturated heterocycles. The summed E-state index contributed by atoms with van der Waals surface area (Å²) in [6.07, 6.45) is 0. The lowest BCUT2D eigenvalue weighted by Crippen LogP contribution is -1.98. The molecule has 0 bridgehead atoms. The van der Waals surface area contributed by atoms with Crippen molar-refractivity contribution in [3.8, 4) is 0 Å². The Bertz CT molecular complexity index is 231. The highest BCUT2D eigenvalue weighted by atomic mass is 32.2. The smallest absolute Gasteiger partial charge is 0.0236 e. The zero-order valence-electron chi connectivity index (χ0n) is 6.29. The molecule has 1 nitrogen and oxygen atoms in total. The van der Waals surface area contributed by atoms with Gasteiger partial charge in [-0.05, 0) is 17.0 Å². The van der Waals surface area contributed by atoms with E-state index in [1.807, 2.05) is 30.3 Å². The van der Waals surface area contributed by atoms with E-state index in [9.17, 15) is 0 Å². The number of rotatable bonds is 3. The van der Waals surface area contributed by atoms with Gasteiger partial charge in [-0.3, -0.25) is 0 Å². The molecule has 2 N–H and O–H groups in total. The number of hydrogen-bond donors (Lipinski definition) is 1. The van der Waals surface area contributed by atoms with E-state index in [4.69, 9.17) is 5.73 Å². The Morgan fingerprint density at radius 1 is 1.36 bits per heavy atom. The van der Waals surface area contributed by atoms with Crippen LogP contribution in [0.4, 0.5) is 0 Å². The molecule has 2 heteroatoms. The Balaban J connectivity index is 2.58. The average Bonchev–Trinajstić information content (AvgIpc) is 2.06. The Morgan fingerprint density at radius 2 is 2.00 bits per heavy atom. The van der Waals surface area contributed by atoms with E-state index in [0.717, 1.165) is 4.91 Å². The molecule has 0 heterocycles. The highest BCUT2D eigenvalue weighted by molar-refractivity contribution is 8.03. The molecule has 11 heavy (non-hydrogen) atoms. The summed E-state index contributed by atoms with van der Waals surface area (Å²) in [5.41, 5.74) is 5.40. The van der Waals surface area contributed by atoms with Crippen LogP contribution in [0.5, 0.6) is 0 Å². The monoisotopic (exact) mass is 165 g/mol. The third kappa shape index (κ3) is 2.78. The van der Waals surface area contributed by atoms with Gasteiger partial charge in [0.05, 0.1) is 0 Å². The van der Waals surface area contributed by atoms with Crippen LogP contribution in [0.1, 0.15) is 0 Å². The highest BCUT2D eigenvalue weighted by Crippen LogP contribution is 2.23. The summed E-state index contributed by atoms with van der Waals surface area (Å²) in [5.74, 6) is 0. The van der Waals surface area contributed by atoms with Crippen molar-refractivity contribution in [3.63, 3.8) is 0 Å². The summed E-state index contributed by atoms with van der Waals surface area (Å²) < 4.78 is 0. The fraction of sp³-hybridized carbons (Fsp3) is 0.111. The molecule has 0 radical (unpaired) electrons. The number of benzene rings is 1. The number of hydrogen-bond acceptors (Lipinski definition) is 2. The van der Waals surface area contributed by atoms with E-state index in [-0.39, 0.29) is 0 Å². The molecule has 0 saturated carbocycles. The van der Waals surface area contributed by atoms with Crippen LogP contribution in [0, 0.1) is 0 Å². The van der Waals surface area contributed by atoms with Crippen LogP contribution in [-0.2, 0) is 0 Å². The third-order valence-corrected chi connectivity index (χ3v) is 2.20. The van der Waals surface area contributed by atoms with Crippen LogP contribution in [0.25, 0.3) is 0 Å². The first-order valence-corrected chi connectivity index (χ1v) is 4.25. The quantitative estimate of drug-likeness (QED) is 0.695. The molecule has 0 aliphatic heterocycles. The van der Waals surface area contributed by atoms with Crippen molar-refractivity contribution in [1.29, 1.82) is 0 Å². The molecular weight excluding hydrogens is 154 g/mol. The van der Waals surface area contributed by atoms with E-state index in [1.54, 1.807) is 11.8 Å². The molecule has 0 aliphatic carbocycles. The number of thioether (sulfide) groups is 1. The fourth-order valence-corrected chi connectivity index (χ4v) is 1.41. The fourth-order valence-electron chi connectivity index (χ4n) is 0.697. The minimum absolute atomic E-state index is 0.541. The van der Waals surface area contributed by atoms with Gasteiger partial charge in [-0.25, -0.2) is 0 Å². The summed E-state index contributed by atoms with van der Waals surface area (Å²) >= 11 is 1.62. The Labute approximate surface area is 71.3 Å². The van der Waals surface area contributed by atoms with Crippen molar-refractivity contribution in [2.45, 2.75) is 4.90 Å². The van der Waals surface area contributed by atoms with E-state index < -0.39 is 0 Å². The van der Waals surface area contributed by atoms with Crippen LogP contribution in [-0.4, -0.2) is 6.54 Å². The van der Waals surface area contributed by atoms with Crippen LogP contribution in [0.2, 0.25) is 0 Å². The van der Waals surface area contributed by atoms with Crippen LogP contribution in [0.3, 0.4) is 0 Å². The second-order valence-electron chi connectivity index (χ2n) is 2.16. The standard InChI is InChI=1S/C9H11NS/c1-8(7-10)11-9-5-3-2-4-6-9/h2-6H,1,7,10H2. The third-order valence-electron chi connectivity index (χ3n) is 1.23. The largest absolute Gasteiger partial charge is 0.326 e. The van der Waals surface area contributed by atoms with Crippen molar-refractivity contribution in [2.24, 2.45) is 5.73 Å². The van der Waals surface area contributed by atoms with Gasteiger partial charge in [-0.2, -0.15) is 0 Å². The van der Waals surface area contributed by atoms with E-state index >= 15 is 0 Å². The zero-order chi connectivity index (χ0) is 8.10. The van der Waals surface area contributed by atoms with Gasteiger partial charge in [0.1, 0.15) is 0 Å². The molecule has 0 fully saturated rings. The van der Waals surface area contributed by atoms with Gasteiger partial charge in [0.15, 0.2) is 0 Å². The molecular formula is C9H11NS. The Hall–Kier alpha value is -0.730. The zero-order valence-corrected chi connectivity index (χ0v) is 7.10. The minimum Gasteiger partial charge on any atom is -0.326 e. The maximum absolute atomic E-state index is 5.40. The van der Waals surface area contributed by atoms with Crippen LogP contribution in [0.15, 0.2) is 46.7 Å². The summed E-state index contributed by atoms with van der Waals surface area (Å²) in [7, 11) is 0. The molecule has 0 aliphatic rings. The van der Waals surface area contributed by atoms with Crippen molar-refractivity contribution in [3.05, 3.63) is 41.8 Å². The maximum Gasteiger partial charge on any atom is 0.0236 e. The lowest BCUT2D eigenvalue weighted by molar-refractivity contribution is 1.24. The Morgan fingerprint density at radius 3 is 2.55 bits per heavy atom. The SMILES string of the molecule is C=C(CN)Sc1ccccc1. The predicted molar refractivity (Wildman–Crippen MR) is 50.5 cm³/mol. The summed E-state index contributed by atoms with van der Waals surface area (Å²) in [6, 6.07) is 10.1. The molecule has 0 amide bonds. The first-order valence-electron chi connectivity index (χ1n) is 3.43. The summed E-state index contributed by atoms with van der Waals surface area (Å²) in [6.45, 7) is 4.35. The second-order valence-corrected chi connectivity index (χ2v) is 3.41.